The quantitative estimate of drug-likeness (QED) is 0.451. The largest absolute Gasteiger partial charge is 0.416 e. The van der Waals surface area contributed by atoms with Crippen LogP contribution in [0.5, 0.6) is 0 Å². The van der Waals surface area contributed by atoms with E-state index in [-0.39, 0.29) is 5.69 Å². The number of benzene rings is 1. The molecule has 0 radical (unpaired) electrons. The number of nitrogens with zero attached hydrogens (tertiary/aromatic N) is 4. The Morgan fingerprint density at radius 1 is 1.11 bits per heavy atom. The smallest absolute Gasteiger partial charge is 0.369 e. The number of anilines is 2. The third-order valence-electron chi connectivity index (χ3n) is 5.98. The van der Waals surface area contributed by atoms with Gasteiger partial charge >= 0.3 is 6.18 Å². The van der Waals surface area contributed by atoms with Gasteiger partial charge in [0.25, 0.3) is 5.91 Å². The summed E-state index contributed by atoms with van der Waals surface area (Å²) in [6.07, 6.45) is -1.80. The summed E-state index contributed by atoms with van der Waals surface area (Å²) in [5, 5.41) is 6.11. The molecule has 0 bridgehead atoms. The molecule has 0 atom stereocenters. The number of rotatable bonds is 3. The molecule has 35 heavy (non-hydrogen) atoms. The van der Waals surface area contributed by atoms with Gasteiger partial charge in [0, 0.05) is 55.4 Å². The van der Waals surface area contributed by atoms with Crippen molar-refractivity contribution in [1.82, 2.24) is 14.5 Å². The van der Waals surface area contributed by atoms with Gasteiger partial charge in [0.05, 0.1) is 11.3 Å². The second-order valence-electron chi connectivity index (χ2n) is 8.22. The molecular weight excluding hydrogens is 457 g/mol. The molecule has 178 valence electrons. The van der Waals surface area contributed by atoms with Crippen LogP contribution >= 0.6 is 0 Å². The van der Waals surface area contributed by atoms with Gasteiger partial charge in [-0.2, -0.15) is 13.2 Å². The van der Waals surface area contributed by atoms with E-state index in [1.165, 1.54) is 0 Å². The topological polar surface area (TPSA) is 84.2 Å². The Bertz CT molecular complexity index is 1490. The predicted molar refractivity (Wildman–Crippen MR) is 126 cm³/mol. The molecule has 0 saturated heterocycles. The van der Waals surface area contributed by atoms with Crippen LogP contribution in [0.1, 0.15) is 21.6 Å². The van der Waals surface area contributed by atoms with Gasteiger partial charge in [-0.1, -0.05) is 6.07 Å². The Kier molecular flexibility index (Phi) is 5.50. The Morgan fingerprint density at radius 2 is 1.94 bits per heavy atom. The Morgan fingerprint density at radius 3 is 2.71 bits per heavy atom. The maximum Gasteiger partial charge on any atom is 0.416 e. The number of aromatic nitrogens is 3. The van der Waals surface area contributed by atoms with Crippen LogP contribution in [0.15, 0.2) is 59.9 Å². The highest BCUT2D eigenvalue weighted by Crippen LogP contribution is 2.39. The summed E-state index contributed by atoms with van der Waals surface area (Å²) in [7, 11) is 1.70. The van der Waals surface area contributed by atoms with Crippen molar-refractivity contribution in [3.05, 3.63) is 77.2 Å². The number of carbonyl (C=O) groups is 1. The van der Waals surface area contributed by atoms with Crippen LogP contribution in [0.4, 0.5) is 24.7 Å². The van der Waals surface area contributed by atoms with Crippen LogP contribution in [0.3, 0.4) is 0 Å². The van der Waals surface area contributed by atoms with E-state index in [1.807, 2.05) is 31.2 Å². The summed E-state index contributed by atoms with van der Waals surface area (Å²) >= 11 is 0. The highest BCUT2D eigenvalue weighted by atomic mass is 19.4. The molecule has 3 aliphatic rings. The fourth-order valence-electron chi connectivity index (χ4n) is 4.23. The zero-order valence-corrected chi connectivity index (χ0v) is 18.9. The number of nitrogens with one attached hydrogen (secondary N) is 2. The lowest BCUT2D eigenvalue weighted by molar-refractivity contribution is -0.137. The molecule has 3 aliphatic heterocycles. The van der Waals surface area contributed by atoms with Gasteiger partial charge in [-0.15, -0.1) is 0 Å². The molecule has 5 rings (SSSR count). The van der Waals surface area contributed by atoms with E-state index in [0.29, 0.717) is 11.2 Å². The number of pyridine rings is 3. The first-order chi connectivity index (χ1) is 16.7. The van der Waals surface area contributed by atoms with E-state index in [2.05, 4.69) is 30.2 Å². The molecule has 2 aromatic rings. The van der Waals surface area contributed by atoms with E-state index in [4.69, 9.17) is 0 Å². The number of hydrogen-bond donors (Lipinski definition) is 2. The monoisotopic (exact) mass is 478 g/mol. The molecule has 0 aliphatic carbocycles. The lowest BCUT2D eigenvalue weighted by Crippen LogP contribution is -2.16. The molecule has 0 unspecified atom stereocenters. The molecule has 2 N–H and O–H groups in total. The van der Waals surface area contributed by atoms with Gasteiger partial charge < -0.3 is 15.2 Å². The number of alkyl halides is 3. The van der Waals surface area contributed by atoms with Crippen LogP contribution in [-0.2, 0) is 12.7 Å². The second-order valence-corrected chi connectivity index (χ2v) is 8.22. The Balaban J connectivity index is 1.54. The van der Waals surface area contributed by atoms with Crippen molar-refractivity contribution in [3.8, 4) is 22.4 Å². The summed E-state index contributed by atoms with van der Waals surface area (Å²) < 4.78 is 41.3. The summed E-state index contributed by atoms with van der Waals surface area (Å²) in [5.41, 5.74) is 4.61. The summed E-state index contributed by atoms with van der Waals surface area (Å²) in [6.45, 7) is 3.51. The normalized spacial score (nSPS) is 13.6. The van der Waals surface area contributed by atoms with Crippen LogP contribution in [0.2, 0.25) is 0 Å². The molecule has 0 saturated carbocycles. The zero-order valence-electron chi connectivity index (χ0n) is 18.9. The Hall–Kier alpha value is -4.21. The van der Waals surface area contributed by atoms with Crippen LogP contribution in [-0.4, -0.2) is 34.0 Å². The first-order valence-corrected chi connectivity index (χ1v) is 10.9. The van der Waals surface area contributed by atoms with E-state index in [9.17, 15) is 18.0 Å². The van der Waals surface area contributed by atoms with Gasteiger partial charge in [0.2, 0.25) is 0 Å². The summed E-state index contributed by atoms with van der Waals surface area (Å²) in [4.78, 5) is 25.0. The number of fused-ring (bicyclic) bond motifs is 3. The standard InChI is InChI=1S/C25H21F3N6O/c1-14-3-4-17(33-24(35)20-10-16(5-6-30-20)25(26,27)28)11-18(14)19-9-15-13-32-22(29-2)12-21(15)34-8-7-31-23(19)34/h3-6,9-13,31H,7-8H2,1-2H3,(H,33,35). The van der Waals surface area contributed by atoms with Crippen molar-refractivity contribution in [2.24, 2.45) is 4.99 Å². The van der Waals surface area contributed by atoms with E-state index >= 15 is 0 Å². The van der Waals surface area contributed by atoms with E-state index in [1.54, 1.807) is 19.3 Å². The number of amides is 1. The first kappa shape index (κ1) is 22.6. The first-order valence-electron chi connectivity index (χ1n) is 10.9. The van der Waals surface area contributed by atoms with Gasteiger partial charge in [0.1, 0.15) is 17.0 Å². The molecule has 1 aromatic heterocycles. The Labute approximate surface area is 198 Å². The zero-order chi connectivity index (χ0) is 24.7. The molecule has 1 amide bonds. The third-order valence-corrected chi connectivity index (χ3v) is 5.98. The fourth-order valence-corrected chi connectivity index (χ4v) is 4.23. The van der Waals surface area contributed by atoms with Crippen LogP contribution in [0.25, 0.3) is 22.4 Å². The van der Waals surface area contributed by atoms with Crippen molar-refractivity contribution in [2.45, 2.75) is 19.6 Å². The number of carbonyl (C=O) groups excluding carboxylic acids is 1. The van der Waals surface area contributed by atoms with Gasteiger partial charge in [0.15, 0.2) is 0 Å². The molecule has 0 fully saturated rings. The lowest BCUT2D eigenvalue weighted by Gasteiger charge is -2.19. The molecule has 4 heterocycles. The molecule has 7 nitrogen and oxygen atoms in total. The fraction of sp³-hybridized carbons (Fsp3) is 0.200. The lowest BCUT2D eigenvalue weighted by atomic mass is 9.97. The summed E-state index contributed by atoms with van der Waals surface area (Å²) in [5.74, 6) is 0.221. The average molecular weight is 478 g/mol. The van der Waals surface area contributed by atoms with Crippen LogP contribution in [0, 0.1) is 6.92 Å². The van der Waals surface area contributed by atoms with Gasteiger partial charge in [-0.05, 0) is 48.4 Å². The minimum absolute atomic E-state index is 0.311. The molecule has 1 aromatic carbocycles. The minimum Gasteiger partial charge on any atom is -0.369 e. The van der Waals surface area contributed by atoms with Crippen molar-refractivity contribution < 1.29 is 18.0 Å². The SMILES string of the molecule is CN=c1cc2n3c(c(-c4cc(NC(=O)c5cc(C(F)(F)F)ccn5)ccc4C)cc-2cn1)NCC3. The van der Waals surface area contributed by atoms with Gasteiger partial charge in [-0.3, -0.25) is 14.8 Å². The number of hydrogen-bond acceptors (Lipinski definition) is 5. The molecule has 10 heteroatoms. The predicted octanol–water partition coefficient (Wildman–Crippen LogP) is 4.59. The van der Waals surface area contributed by atoms with Crippen LogP contribution < -0.4 is 16.1 Å². The summed E-state index contributed by atoms with van der Waals surface area (Å²) in [6, 6.07) is 10.9. The number of halogens is 3. The molecular formula is C25H21F3N6O. The highest BCUT2D eigenvalue weighted by Gasteiger charge is 2.31. The molecule has 0 spiro atoms. The van der Waals surface area contributed by atoms with Crippen molar-refractivity contribution in [1.29, 1.82) is 0 Å². The van der Waals surface area contributed by atoms with Crippen molar-refractivity contribution in [2.75, 3.05) is 24.2 Å². The van der Waals surface area contributed by atoms with E-state index in [0.717, 1.165) is 65.2 Å². The maximum atomic E-state index is 13.0. The number of aryl methyl sites for hydroxylation is 1. The van der Waals surface area contributed by atoms with E-state index < -0.39 is 17.6 Å². The van der Waals surface area contributed by atoms with Crippen molar-refractivity contribution in [3.63, 3.8) is 0 Å². The second kappa shape index (κ2) is 8.53. The maximum absolute atomic E-state index is 13.0. The van der Waals surface area contributed by atoms with Gasteiger partial charge in [-0.25, -0.2) is 4.98 Å². The van der Waals surface area contributed by atoms with Crippen molar-refractivity contribution >= 4 is 17.4 Å². The minimum atomic E-state index is -4.56. The third kappa shape index (κ3) is 4.23. The average Bonchev–Trinajstić information content (AvgIpc) is 3.34. The highest BCUT2D eigenvalue weighted by molar-refractivity contribution is 6.03.